The molecule has 2 aliphatic rings. The number of aromatic nitrogens is 2. The Labute approximate surface area is 138 Å². The van der Waals surface area contributed by atoms with Gasteiger partial charge in [-0.3, -0.25) is 5.10 Å². The molecule has 124 valence electrons. The predicted octanol–water partition coefficient (Wildman–Crippen LogP) is 0.866. The highest BCUT2D eigenvalue weighted by Crippen LogP contribution is 2.60. The van der Waals surface area contributed by atoms with E-state index in [2.05, 4.69) is 19.6 Å². The zero-order valence-electron chi connectivity index (χ0n) is 12.4. The smallest absolute Gasteiger partial charge is 0.276 e. The Morgan fingerprint density at radius 1 is 1.39 bits per heavy atom. The van der Waals surface area contributed by atoms with E-state index in [0.29, 0.717) is 17.9 Å². The molecule has 2 aliphatic carbocycles. The maximum atomic E-state index is 11.6. The number of aromatic amines is 1. The van der Waals surface area contributed by atoms with Gasteiger partial charge in [0.25, 0.3) is 10.2 Å². The molecule has 1 aromatic carbocycles. The molecule has 2 fully saturated rings. The van der Waals surface area contributed by atoms with Gasteiger partial charge in [-0.05, 0) is 42.4 Å². The Bertz CT molecular complexity index is 869. The Balaban J connectivity index is 1.60. The van der Waals surface area contributed by atoms with Crippen LogP contribution in [0.1, 0.15) is 18.4 Å². The number of hydrogen-bond acceptors (Lipinski definition) is 4. The standard InChI is InChI=1S/C14H17ClN4O3S/c1-16-23(21,22)19-13-8-4-14(20,5-9(8)13)11-2-7(15)3-12-10(11)6-17-18-12/h2-3,6,8-9,13,16,19-20H,4-5H2,1H3,(H,17,18)/t8-,9+,13+,14+. The molecular weight excluding hydrogens is 340 g/mol. The Kier molecular flexibility index (Phi) is 3.27. The molecule has 0 aliphatic heterocycles. The second-order valence-electron chi connectivity index (χ2n) is 6.40. The normalized spacial score (nSPS) is 33.1. The summed E-state index contributed by atoms with van der Waals surface area (Å²) in [6, 6.07) is 3.44. The van der Waals surface area contributed by atoms with Crippen molar-refractivity contribution < 1.29 is 13.5 Å². The number of hydrogen-bond donors (Lipinski definition) is 4. The minimum Gasteiger partial charge on any atom is -0.385 e. The van der Waals surface area contributed by atoms with E-state index in [-0.39, 0.29) is 17.9 Å². The van der Waals surface area contributed by atoms with Gasteiger partial charge in [0.15, 0.2) is 0 Å². The lowest BCUT2D eigenvalue weighted by Crippen LogP contribution is -2.39. The molecule has 9 heteroatoms. The summed E-state index contributed by atoms with van der Waals surface area (Å²) < 4.78 is 28.0. The van der Waals surface area contributed by atoms with Crippen LogP contribution >= 0.6 is 11.6 Å². The first kappa shape index (κ1) is 15.3. The molecule has 0 saturated heterocycles. The lowest BCUT2D eigenvalue weighted by atomic mass is 9.86. The molecule has 0 bridgehead atoms. The van der Waals surface area contributed by atoms with Crippen LogP contribution in [0.15, 0.2) is 18.3 Å². The number of nitrogens with zero attached hydrogens (tertiary/aromatic N) is 1. The summed E-state index contributed by atoms with van der Waals surface area (Å²) in [5.74, 6) is 0.285. The monoisotopic (exact) mass is 356 g/mol. The van der Waals surface area contributed by atoms with Crippen molar-refractivity contribution in [3.8, 4) is 0 Å². The fourth-order valence-electron chi connectivity index (χ4n) is 3.90. The molecule has 4 N–H and O–H groups in total. The molecule has 1 heterocycles. The molecule has 2 saturated carbocycles. The van der Waals surface area contributed by atoms with Gasteiger partial charge in [0.1, 0.15) is 0 Å². The van der Waals surface area contributed by atoms with Gasteiger partial charge in [0.2, 0.25) is 0 Å². The summed E-state index contributed by atoms with van der Waals surface area (Å²) in [6.07, 6.45) is 2.70. The molecule has 7 nitrogen and oxygen atoms in total. The number of H-pyrrole nitrogens is 1. The molecule has 2 aromatic rings. The van der Waals surface area contributed by atoms with Gasteiger partial charge in [-0.25, -0.2) is 4.72 Å². The highest BCUT2D eigenvalue weighted by atomic mass is 35.5. The number of aliphatic hydroxyl groups is 1. The molecule has 0 unspecified atom stereocenters. The van der Waals surface area contributed by atoms with Gasteiger partial charge >= 0.3 is 0 Å². The van der Waals surface area contributed by atoms with Crippen molar-refractivity contribution >= 4 is 32.7 Å². The van der Waals surface area contributed by atoms with Crippen LogP contribution < -0.4 is 9.44 Å². The summed E-state index contributed by atoms with van der Waals surface area (Å²) >= 11 is 6.14. The molecule has 23 heavy (non-hydrogen) atoms. The number of benzene rings is 1. The number of halogens is 1. The second kappa shape index (κ2) is 4.90. The van der Waals surface area contributed by atoms with Crippen LogP contribution in [0.4, 0.5) is 0 Å². The predicted molar refractivity (Wildman–Crippen MR) is 86.1 cm³/mol. The lowest BCUT2D eigenvalue weighted by Gasteiger charge is -2.27. The highest BCUT2D eigenvalue weighted by Gasteiger charge is 2.62. The first-order valence-corrected chi connectivity index (χ1v) is 9.25. The molecular formula is C14H17ClN4O3S. The van der Waals surface area contributed by atoms with E-state index >= 15 is 0 Å². The molecule has 1 aromatic heterocycles. The highest BCUT2D eigenvalue weighted by molar-refractivity contribution is 7.87. The van der Waals surface area contributed by atoms with E-state index in [9.17, 15) is 13.5 Å². The van der Waals surface area contributed by atoms with E-state index < -0.39 is 15.8 Å². The van der Waals surface area contributed by atoms with E-state index in [1.807, 2.05) is 0 Å². The average molecular weight is 357 g/mol. The summed E-state index contributed by atoms with van der Waals surface area (Å²) in [6.45, 7) is 0. The van der Waals surface area contributed by atoms with Crippen molar-refractivity contribution in [2.45, 2.75) is 24.5 Å². The third-order valence-electron chi connectivity index (χ3n) is 5.06. The van der Waals surface area contributed by atoms with Crippen molar-refractivity contribution in [1.82, 2.24) is 19.6 Å². The van der Waals surface area contributed by atoms with Gasteiger partial charge in [-0.15, -0.1) is 0 Å². The quantitative estimate of drug-likeness (QED) is 0.652. The largest absolute Gasteiger partial charge is 0.385 e. The SMILES string of the molecule is CNS(=O)(=O)N[C@H]1[C@@H]2C[C@@](O)(c3cc(Cl)cc4[nH]ncc34)C[C@@H]21. The Morgan fingerprint density at radius 3 is 2.74 bits per heavy atom. The first-order chi connectivity index (χ1) is 10.8. The number of nitrogens with one attached hydrogen (secondary N) is 3. The van der Waals surface area contributed by atoms with E-state index in [4.69, 9.17) is 11.6 Å². The van der Waals surface area contributed by atoms with Crippen molar-refractivity contribution in [1.29, 1.82) is 0 Å². The summed E-state index contributed by atoms with van der Waals surface area (Å²) in [5.41, 5.74) is 0.550. The van der Waals surface area contributed by atoms with Crippen LogP contribution in [0.2, 0.25) is 5.02 Å². The van der Waals surface area contributed by atoms with Gasteiger partial charge in [-0.1, -0.05) is 11.6 Å². The second-order valence-corrected chi connectivity index (χ2v) is 8.49. The van der Waals surface area contributed by atoms with Gasteiger partial charge in [0.05, 0.1) is 17.3 Å². The van der Waals surface area contributed by atoms with E-state index in [0.717, 1.165) is 16.5 Å². The van der Waals surface area contributed by atoms with Gasteiger partial charge in [0, 0.05) is 23.5 Å². The first-order valence-electron chi connectivity index (χ1n) is 7.39. The van der Waals surface area contributed by atoms with Crippen LogP contribution in [0.25, 0.3) is 10.9 Å². The molecule has 0 radical (unpaired) electrons. The lowest BCUT2D eigenvalue weighted by molar-refractivity contribution is 0.0303. The minimum atomic E-state index is -3.45. The van der Waals surface area contributed by atoms with Crippen molar-refractivity contribution in [3.63, 3.8) is 0 Å². The van der Waals surface area contributed by atoms with Gasteiger partial charge < -0.3 is 5.11 Å². The summed E-state index contributed by atoms with van der Waals surface area (Å²) in [7, 11) is -2.08. The number of rotatable bonds is 4. The van der Waals surface area contributed by atoms with Crippen LogP contribution in [-0.4, -0.2) is 36.8 Å². The maximum absolute atomic E-state index is 11.6. The van der Waals surface area contributed by atoms with Crippen molar-refractivity contribution in [2.24, 2.45) is 11.8 Å². The fraction of sp³-hybridized carbons (Fsp3) is 0.500. The summed E-state index contributed by atoms with van der Waals surface area (Å²) in [4.78, 5) is 0. The third-order valence-corrected chi connectivity index (χ3v) is 6.40. The Morgan fingerprint density at radius 2 is 2.09 bits per heavy atom. The maximum Gasteiger partial charge on any atom is 0.276 e. The minimum absolute atomic E-state index is 0.105. The average Bonchev–Trinajstić information content (AvgIpc) is 2.88. The Hall–Kier alpha value is -1.19. The zero-order valence-corrected chi connectivity index (χ0v) is 13.9. The van der Waals surface area contributed by atoms with E-state index in [1.165, 1.54) is 7.05 Å². The van der Waals surface area contributed by atoms with Crippen LogP contribution in [0.5, 0.6) is 0 Å². The van der Waals surface area contributed by atoms with Crippen LogP contribution in [0, 0.1) is 11.8 Å². The zero-order chi connectivity index (χ0) is 16.4. The third kappa shape index (κ3) is 2.45. The summed E-state index contributed by atoms with van der Waals surface area (Å²) in [5, 5.41) is 19.4. The fourth-order valence-corrected chi connectivity index (χ4v) is 4.94. The van der Waals surface area contributed by atoms with Crippen molar-refractivity contribution in [3.05, 3.63) is 28.9 Å². The van der Waals surface area contributed by atoms with E-state index in [1.54, 1.807) is 18.3 Å². The van der Waals surface area contributed by atoms with Crippen LogP contribution in [0.3, 0.4) is 0 Å². The van der Waals surface area contributed by atoms with Gasteiger partial charge in [-0.2, -0.15) is 18.2 Å². The van der Waals surface area contributed by atoms with Crippen molar-refractivity contribution in [2.75, 3.05) is 7.05 Å². The molecule has 4 atom stereocenters. The molecule has 0 amide bonds. The molecule has 4 rings (SSSR count). The topological polar surface area (TPSA) is 107 Å². The number of fused-ring (bicyclic) bond motifs is 2. The molecule has 0 spiro atoms. The van der Waals surface area contributed by atoms with Crippen LogP contribution in [-0.2, 0) is 15.8 Å².